The highest BCUT2D eigenvalue weighted by atomic mass is 16.4. The number of carbonyl (C=O) groups is 1. The first-order chi connectivity index (χ1) is 9.63. The van der Waals surface area contributed by atoms with Gasteiger partial charge in [0, 0.05) is 0 Å². The average molecular weight is 268 g/mol. The first-order valence-electron chi connectivity index (χ1n) is 6.73. The summed E-state index contributed by atoms with van der Waals surface area (Å²) in [5.41, 5.74) is 3.24. The third kappa shape index (κ3) is 2.67. The lowest BCUT2D eigenvalue weighted by Gasteiger charge is -2.03. The van der Waals surface area contributed by atoms with Crippen LogP contribution in [0, 0.1) is 0 Å². The molecule has 0 radical (unpaired) electrons. The van der Waals surface area contributed by atoms with Gasteiger partial charge < -0.3 is 10.2 Å². The highest BCUT2D eigenvalue weighted by Gasteiger charge is 2.39. The van der Waals surface area contributed by atoms with Crippen LogP contribution in [-0.4, -0.2) is 16.2 Å². The summed E-state index contributed by atoms with van der Waals surface area (Å²) in [6.07, 6.45) is 1.16. The Labute approximate surface area is 117 Å². The lowest BCUT2D eigenvalue weighted by Crippen LogP contribution is -1.99. The molecular formula is C17H16O3. The summed E-state index contributed by atoms with van der Waals surface area (Å²) in [7, 11) is 0. The molecule has 2 N–H and O–H groups in total. The van der Waals surface area contributed by atoms with Crippen molar-refractivity contribution in [1.29, 1.82) is 0 Å². The molecule has 0 amide bonds. The van der Waals surface area contributed by atoms with Crippen molar-refractivity contribution in [2.75, 3.05) is 0 Å². The Morgan fingerprint density at radius 3 is 2.40 bits per heavy atom. The van der Waals surface area contributed by atoms with Crippen LogP contribution in [0.1, 0.15) is 34.9 Å². The van der Waals surface area contributed by atoms with E-state index in [2.05, 4.69) is 0 Å². The van der Waals surface area contributed by atoms with Gasteiger partial charge >= 0.3 is 5.97 Å². The molecule has 1 fully saturated rings. The van der Waals surface area contributed by atoms with Crippen LogP contribution in [0.3, 0.4) is 0 Å². The Kier molecular flexibility index (Phi) is 3.18. The minimum atomic E-state index is -0.804. The van der Waals surface area contributed by atoms with E-state index in [9.17, 15) is 9.90 Å². The molecule has 2 aromatic carbocycles. The number of aromatic hydroxyl groups is 1. The van der Waals surface area contributed by atoms with E-state index in [4.69, 9.17) is 5.11 Å². The summed E-state index contributed by atoms with van der Waals surface area (Å²) in [5.74, 6) is 0.454. The van der Waals surface area contributed by atoms with Gasteiger partial charge in [0.25, 0.3) is 0 Å². The SMILES string of the molecule is O=C(O)Cc1ccc(C2CC2c2cccc(O)c2)cc1. The number of hydrogen-bond donors (Lipinski definition) is 2. The van der Waals surface area contributed by atoms with Gasteiger partial charge in [-0.25, -0.2) is 0 Å². The van der Waals surface area contributed by atoms with Gasteiger partial charge in [-0.2, -0.15) is 0 Å². The second-order valence-corrected chi connectivity index (χ2v) is 5.36. The maximum absolute atomic E-state index is 10.6. The van der Waals surface area contributed by atoms with E-state index in [1.165, 1.54) is 11.1 Å². The lowest BCUT2D eigenvalue weighted by molar-refractivity contribution is -0.136. The summed E-state index contributed by atoms with van der Waals surface area (Å²) in [6, 6.07) is 15.2. The van der Waals surface area contributed by atoms with E-state index >= 15 is 0 Å². The quantitative estimate of drug-likeness (QED) is 0.894. The fourth-order valence-electron chi connectivity index (χ4n) is 2.74. The highest BCUT2D eigenvalue weighted by Crippen LogP contribution is 2.54. The third-order valence-corrected chi connectivity index (χ3v) is 3.85. The summed E-state index contributed by atoms with van der Waals surface area (Å²) < 4.78 is 0. The predicted molar refractivity (Wildman–Crippen MR) is 76.0 cm³/mol. The molecule has 0 aliphatic heterocycles. The van der Waals surface area contributed by atoms with Crippen LogP contribution >= 0.6 is 0 Å². The Hall–Kier alpha value is -2.29. The largest absolute Gasteiger partial charge is 0.508 e. The second-order valence-electron chi connectivity index (χ2n) is 5.36. The maximum Gasteiger partial charge on any atom is 0.307 e. The molecule has 0 heterocycles. The number of carboxylic acid groups (broad SMARTS) is 1. The maximum atomic E-state index is 10.6. The van der Waals surface area contributed by atoms with Gasteiger partial charge in [-0.05, 0) is 47.1 Å². The van der Waals surface area contributed by atoms with E-state index in [0.717, 1.165) is 12.0 Å². The number of rotatable bonds is 4. The molecule has 20 heavy (non-hydrogen) atoms. The highest BCUT2D eigenvalue weighted by molar-refractivity contribution is 5.70. The van der Waals surface area contributed by atoms with E-state index in [0.29, 0.717) is 17.6 Å². The van der Waals surface area contributed by atoms with Crippen molar-refractivity contribution in [2.45, 2.75) is 24.7 Å². The zero-order chi connectivity index (χ0) is 14.1. The fraction of sp³-hybridized carbons (Fsp3) is 0.235. The van der Waals surface area contributed by atoms with Gasteiger partial charge in [-0.15, -0.1) is 0 Å². The van der Waals surface area contributed by atoms with E-state index in [-0.39, 0.29) is 6.42 Å². The minimum Gasteiger partial charge on any atom is -0.508 e. The fourth-order valence-corrected chi connectivity index (χ4v) is 2.74. The molecule has 102 valence electrons. The molecule has 2 unspecified atom stereocenters. The van der Waals surface area contributed by atoms with E-state index in [1.807, 2.05) is 42.5 Å². The number of carboxylic acids is 1. The predicted octanol–water partition coefficient (Wildman–Crippen LogP) is 3.29. The van der Waals surface area contributed by atoms with Crippen molar-refractivity contribution in [3.05, 3.63) is 65.2 Å². The molecule has 0 saturated heterocycles. The monoisotopic (exact) mass is 268 g/mol. The molecule has 1 saturated carbocycles. The summed E-state index contributed by atoms with van der Waals surface area (Å²) in [4.78, 5) is 10.6. The average Bonchev–Trinajstić information content (AvgIpc) is 3.19. The van der Waals surface area contributed by atoms with Gasteiger partial charge in [0.05, 0.1) is 6.42 Å². The Balaban J connectivity index is 1.71. The molecule has 3 heteroatoms. The van der Waals surface area contributed by atoms with Gasteiger partial charge in [0.1, 0.15) is 5.75 Å². The molecule has 1 aliphatic carbocycles. The van der Waals surface area contributed by atoms with Crippen molar-refractivity contribution < 1.29 is 15.0 Å². The standard InChI is InChI=1S/C17H16O3/c18-14-3-1-2-13(9-14)16-10-15(16)12-6-4-11(5-7-12)8-17(19)20/h1-7,9,15-16,18H,8,10H2,(H,19,20). The van der Waals surface area contributed by atoms with Crippen LogP contribution < -0.4 is 0 Å². The zero-order valence-corrected chi connectivity index (χ0v) is 11.0. The Bertz CT molecular complexity index is 631. The Morgan fingerprint density at radius 2 is 1.75 bits per heavy atom. The van der Waals surface area contributed by atoms with Crippen molar-refractivity contribution in [3.8, 4) is 5.75 Å². The number of aliphatic carboxylic acids is 1. The van der Waals surface area contributed by atoms with Crippen molar-refractivity contribution >= 4 is 5.97 Å². The van der Waals surface area contributed by atoms with Gasteiger partial charge in [0.15, 0.2) is 0 Å². The van der Waals surface area contributed by atoms with Gasteiger partial charge in [-0.1, -0.05) is 36.4 Å². The molecule has 2 atom stereocenters. The van der Waals surface area contributed by atoms with Crippen LogP contribution in [0.2, 0.25) is 0 Å². The molecule has 0 bridgehead atoms. The smallest absolute Gasteiger partial charge is 0.307 e. The van der Waals surface area contributed by atoms with Crippen LogP contribution in [0.25, 0.3) is 0 Å². The van der Waals surface area contributed by atoms with Crippen LogP contribution in [0.5, 0.6) is 5.75 Å². The van der Waals surface area contributed by atoms with Gasteiger partial charge in [-0.3, -0.25) is 4.79 Å². The molecule has 1 aliphatic rings. The number of hydrogen-bond acceptors (Lipinski definition) is 2. The number of benzene rings is 2. The number of phenolic OH excluding ortho intramolecular Hbond substituents is 1. The second kappa shape index (κ2) is 5.00. The molecular weight excluding hydrogens is 252 g/mol. The summed E-state index contributed by atoms with van der Waals surface area (Å²) in [5, 5.41) is 18.3. The normalized spacial score (nSPS) is 20.6. The Morgan fingerprint density at radius 1 is 1.05 bits per heavy atom. The third-order valence-electron chi connectivity index (χ3n) is 3.85. The van der Waals surface area contributed by atoms with Crippen LogP contribution in [0.4, 0.5) is 0 Å². The summed E-state index contributed by atoms with van der Waals surface area (Å²) in [6.45, 7) is 0. The van der Waals surface area contributed by atoms with Crippen molar-refractivity contribution in [2.24, 2.45) is 0 Å². The van der Waals surface area contributed by atoms with Crippen LogP contribution in [0.15, 0.2) is 48.5 Å². The molecule has 0 spiro atoms. The van der Waals surface area contributed by atoms with E-state index in [1.54, 1.807) is 6.07 Å². The molecule has 0 aromatic heterocycles. The molecule has 3 rings (SSSR count). The van der Waals surface area contributed by atoms with Gasteiger partial charge in [0.2, 0.25) is 0 Å². The van der Waals surface area contributed by atoms with E-state index < -0.39 is 5.97 Å². The minimum absolute atomic E-state index is 0.0704. The zero-order valence-electron chi connectivity index (χ0n) is 11.0. The first kappa shape index (κ1) is 12.7. The van der Waals surface area contributed by atoms with Crippen molar-refractivity contribution in [3.63, 3.8) is 0 Å². The first-order valence-corrected chi connectivity index (χ1v) is 6.73. The van der Waals surface area contributed by atoms with Crippen LogP contribution in [-0.2, 0) is 11.2 Å². The molecule has 2 aromatic rings. The lowest BCUT2D eigenvalue weighted by atomic mass is 10.0. The molecule has 3 nitrogen and oxygen atoms in total. The topological polar surface area (TPSA) is 57.5 Å². The van der Waals surface area contributed by atoms with Crippen molar-refractivity contribution in [1.82, 2.24) is 0 Å². The number of phenols is 1. The summed E-state index contributed by atoms with van der Waals surface area (Å²) >= 11 is 0.